The standard InChI is InChI=1S/C20H31N3O.2C16H24N2O.C15H22N2O.C14H19NO2/c1-16(2)17-4-6-18(7-5-17)20(24)23-14-12-22(13-15-23)19-8-10-21(3)11-9-19;1-12(2)13-5-7-14(8-6-13)16(19)18-10-9-15(11-18)17(3)4;1-4-17-9-11-18(12-10-17)16(19)15-7-5-14(6-8-15)13(2)3;1-11(2)12-4-6-13(7-5-12)15(18)17-9-8-14(10-17)16-3;1-11(2)12-3-5-13(6-4-12)14(16)15-7-9-17-10-8-15/h4-7,16,19H,8-15H2,1-3H3;5-8,12,15H,9-11H2,1-4H3;5-8,13H,4,9-12H2,1-3H3;4-7,11,14,16H,8-10H2,1-3H3;3-6,11H,7-10H2,1-2H3. The van der Waals surface area contributed by atoms with Gasteiger partial charge in [0.2, 0.25) is 0 Å². The highest BCUT2D eigenvalue weighted by atomic mass is 16.5. The van der Waals surface area contributed by atoms with E-state index < -0.39 is 0 Å². The Bertz CT molecular complexity index is 3180. The van der Waals surface area contributed by atoms with Gasteiger partial charge in [-0.25, -0.2) is 0 Å². The summed E-state index contributed by atoms with van der Waals surface area (Å²) in [6, 6.07) is 41.9. The Morgan fingerprint density at radius 2 is 0.711 bits per heavy atom. The molecule has 6 saturated heterocycles. The number of likely N-dealkylation sites (tertiary alicyclic amines) is 3. The minimum absolute atomic E-state index is 0.114. The van der Waals surface area contributed by atoms with E-state index in [4.69, 9.17) is 4.74 Å². The average molecular weight is 1330 g/mol. The van der Waals surface area contributed by atoms with E-state index in [0.29, 0.717) is 74.0 Å². The first-order valence-corrected chi connectivity index (χ1v) is 36.5. The van der Waals surface area contributed by atoms with Gasteiger partial charge in [-0.05, 0) is 192 Å². The van der Waals surface area contributed by atoms with Crippen LogP contribution in [0.5, 0.6) is 0 Å². The summed E-state index contributed by atoms with van der Waals surface area (Å²) in [5, 5.41) is 3.23. The van der Waals surface area contributed by atoms with E-state index in [0.717, 1.165) is 126 Å². The number of piperazine rings is 2. The van der Waals surface area contributed by atoms with Crippen LogP contribution in [-0.4, -0.2) is 244 Å². The molecule has 0 aliphatic carbocycles. The van der Waals surface area contributed by atoms with Crippen LogP contribution < -0.4 is 5.32 Å². The van der Waals surface area contributed by atoms with Crippen LogP contribution in [0.4, 0.5) is 0 Å². The lowest BCUT2D eigenvalue weighted by Gasteiger charge is -2.42. The molecule has 16 heteroatoms. The van der Waals surface area contributed by atoms with Gasteiger partial charge in [0.25, 0.3) is 29.5 Å². The summed E-state index contributed by atoms with van der Waals surface area (Å²) in [5.41, 5.74) is 10.4. The topological polar surface area (TPSA) is 136 Å². The van der Waals surface area contributed by atoms with Crippen molar-refractivity contribution in [2.75, 3.05) is 153 Å². The van der Waals surface area contributed by atoms with Crippen LogP contribution in [0.1, 0.15) is 211 Å². The number of hydrogen-bond donors (Lipinski definition) is 1. The maximum atomic E-state index is 12.7. The number of carbonyl (C=O) groups is 5. The van der Waals surface area contributed by atoms with Crippen molar-refractivity contribution in [2.45, 2.75) is 150 Å². The van der Waals surface area contributed by atoms with E-state index in [1.54, 1.807) is 0 Å². The molecule has 5 amide bonds. The largest absolute Gasteiger partial charge is 0.378 e. The zero-order chi connectivity index (χ0) is 70.3. The molecule has 1 N–H and O–H groups in total. The molecule has 5 aromatic carbocycles. The van der Waals surface area contributed by atoms with Gasteiger partial charge < -0.3 is 49.3 Å². The van der Waals surface area contributed by atoms with Gasteiger partial charge in [0.1, 0.15) is 0 Å². The molecule has 0 bridgehead atoms. The Balaban J connectivity index is 0.000000172. The fraction of sp³-hybridized carbons (Fsp3) is 0.568. The van der Waals surface area contributed by atoms with Gasteiger partial charge in [-0.3, -0.25) is 28.9 Å². The van der Waals surface area contributed by atoms with Crippen LogP contribution in [0.2, 0.25) is 0 Å². The smallest absolute Gasteiger partial charge is 0.254 e. The number of hydrogen-bond acceptors (Lipinski definition) is 11. The van der Waals surface area contributed by atoms with Crippen molar-refractivity contribution in [3.05, 3.63) is 177 Å². The molecule has 6 aliphatic rings. The molecule has 16 nitrogen and oxygen atoms in total. The molecule has 11 rings (SSSR count). The van der Waals surface area contributed by atoms with Crippen molar-refractivity contribution in [3.63, 3.8) is 0 Å². The Morgan fingerprint density at radius 1 is 0.402 bits per heavy atom. The molecule has 0 spiro atoms. The highest BCUT2D eigenvalue weighted by Gasteiger charge is 2.31. The van der Waals surface area contributed by atoms with E-state index >= 15 is 0 Å². The quantitative estimate of drug-likeness (QED) is 0.114. The second-order valence-corrected chi connectivity index (χ2v) is 29.1. The molecule has 6 fully saturated rings. The molecular formula is C81H120N10O6. The Labute approximate surface area is 584 Å². The lowest BCUT2D eigenvalue weighted by atomic mass is 10.0. The third-order valence-electron chi connectivity index (χ3n) is 20.4. The Hall–Kier alpha value is -6.79. The first kappa shape index (κ1) is 77.6. The second-order valence-electron chi connectivity index (χ2n) is 29.1. The number of carbonyl (C=O) groups excluding carboxylic acids is 5. The fourth-order valence-electron chi connectivity index (χ4n) is 13.2. The molecule has 2 atom stereocenters. The second kappa shape index (κ2) is 38.5. The van der Waals surface area contributed by atoms with Crippen molar-refractivity contribution < 1.29 is 28.7 Å². The molecule has 5 aromatic rings. The summed E-state index contributed by atoms with van der Waals surface area (Å²) in [5.74, 6) is 3.33. The van der Waals surface area contributed by atoms with Gasteiger partial charge in [0.05, 0.1) is 13.2 Å². The van der Waals surface area contributed by atoms with E-state index in [-0.39, 0.29) is 29.5 Å². The fourth-order valence-corrected chi connectivity index (χ4v) is 13.2. The molecule has 6 heterocycles. The number of piperidine rings is 1. The van der Waals surface area contributed by atoms with Crippen LogP contribution in [0.25, 0.3) is 0 Å². The van der Waals surface area contributed by atoms with Crippen molar-refractivity contribution in [2.24, 2.45) is 0 Å². The number of likely N-dealkylation sites (N-methyl/N-ethyl adjacent to an activating group) is 3. The number of ether oxygens (including phenoxy) is 1. The number of amides is 5. The highest BCUT2D eigenvalue weighted by molar-refractivity contribution is 5.96. The third-order valence-corrected chi connectivity index (χ3v) is 20.4. The zero-order valence-electron chi connectivity index (χ0n) is 61.9. The summed E-state index contributed by atoms with van der Waals surface area (Å²) < 4.78 is 5.24. The SMILES string of the molecule is CC(C)c1ccc(C(=O)N2CCC(N(C)C)C2)cc1.CC(C)c1ccc(C(=O)N2CCN(C3CCN(C)CC3)CC2)cc1.CC(C)c1ccc(C(=O)N2CCOCC2)cc1.CCN1CCN(C(=O)c2ccc(C(C)C)cc2)CC1.CNC1CCN(C(=O)c2ccc(C(C)C)cc2)C1. The molecule has 0 radical (unpaired) electrons. The van der Waals surface area contributed by atoms with Gasteiger partial charge in [-0.1, -0.05) is 137 Å². The van der Waals surface area contributed by atoms with E-state index in [1.807, 2.05) is 104 Å². The maximum absolute atomic E-state index is 12.7. The van der Waals surface area contributed by atoms with Crippen LogP contribution in [-0.2, 0) is 4.74 Å². The molecule has 0 aromatic heterocycles. The van der Waals surface area contributed by atoms with Gasteiger partial charge in [-0.2, -0.15) is 0 Å². The number of morpholine rings is 1. The molecular weight excluding hydrogens is 1210 g/mol. The number of rotatable bonds is 14. The molecule has 0 saturated carbocycles. The zero-order valence-corrected chi connectivity index (χ0v) is 61.9. The molecule has 97 heavy (non-hydrogen) atoms. The van der Waals surface area contributed by atoms with Gasteiger partial charge in [0.15, 0.2) is 0 Å². The lowest BCUT2D eigenvalue weighted by molar-refractivity contribution is 0.0303. The lowest BCUT2D eigenvalue weighted by Crippen LogP contribution is -2.54. The Morgan fingerprint density at radius 3 is 1.01 bits per heavy atom. The number of benzene rings is 5. The maximum Gasteiger partial charge on any atom is 0.254 e. The highest BCUT2D eigenvalue weighted by Crippen LogP contribution is 2.24. The predicted molar refractivity (Wildman–Crippen MR) is 397 cm³/mol. The number of nitrogens with zero attached hydrogens (tertiary/aromatic N) is 9. The van der Waals surface area contributed by atoms with Crippen molar-refractivity contribution in [3.8, 4) is 0 Å². The first-order chi connectivity index (χ1) is 46.4. The summed E-state index contributed by atoms with van der Waals surface area (Å²) in [6.07, 6.45) is 4.65. The molecule has 6 aliphatic heterocycles. The normalized spacial score (nSPS) is 18.9. The van der Waals surface area contributed by atoms with Crippen LogP contribution >= 0.6 is 0 Å². The minimum Gasteiger partial charge on any atom is -0.378 e. The summed E-state index contributed by atoms with van der Waals surface area (Å²) in [4.78, 5) is 81.3. The van der Waals surface area contributed by atoms with Gasteiger partial charge in [-0.15, -0.1) is 0 Å². The molecule has 2 unspecified atom stereocenters. The number of nitrogens with one attached hydrogen (secondary N) is 1. The summed E-state index contributed by atoms with van der Waals surface area (Å²) >= 11 is 0. The molecule has 530 valence electrons. The van der Waals surface area contributed by atoms with Crippen molar-refractivity contribution in [1.82, 2.24) is 49.4 Å². The summed E-state index contributed by atoms with van der Waals surface area (Å²) in [6.45, 7) is 40.8. The van der Waals surface area contributed by atoms with Crippen LogP contribution in [0.3, 0.4) is 0 Å². The Kier molecular flexibility index (Phi) is 30.8. The monoisotopic (exact) mass is 1330 g/mol. The van der Waals surface area contributed by atoms with Gasteiger partial charge >= 0.3 is 0 Å². The van der Waals surface area contributed by atoms with E-state index in [2.05, 4.69) is 171 Å². The van der Waals surface area contributed by atoms with Crippen LogP contribution in [0, 0.1) is 0 Å². The van der Waals surface area contributed by atoms with E-state index in [9.17, 15) is 24.0 Å². The minimum atomic E-state index is 0.114. The summed E-state index contributed by atoms with van der Waals surface area (Å²) in [7, 11) is 8.32. The average Bonchev–Trinajstić information content (AvgIpc) is 1.42. The van der Waals surface area contributed by atoms with Gasteiger partial charge in [0, 0.05) is 138 Å². The van der Waals surface area contributed by atoms with Crippen molar-refractivity contribution >= 4 is 29.5 Å². The van der Waals surface area contributed by atoms with Crippen molar-refractivity contribution in [1.29, 1.82) is 0 Å². The van der Waals surface area contributed by atoms with E-state index in [1.165, 1.54) is 53.7 Å². The predicted octanol–water partition coefficient (Wildman–Crippen LogP) is 12.4. The first-order valence-electron chi connectivity index (χ1n) is 36.5. The third kappa shape index (κ3) is 23.1. The van der Waals surface area contributed by atoms with Crippen LogP contribution in [0.15, 0.2) is 121 Å².